The summed E-state index contributed by atoms with van der Waals surface area (Å²) in [7, 11) is 0. The third kappa shape index (κ3) is 3.67. The normalized spacial score (nSPS) is 9.67. The number of carbonyl (C=O) groups is 2. The van der Waals surface area contributed by atoms with E-state index in [9.17, 15) is 9.59 Å². The van der Waals surface area contributed by atoms with Crippen LogP contribution in [0, 0.1) is 11.3 Å². The van der Waals surface area contributed by atoms with E-state index in [-0.39, 0.29) is 17.9 Å². The fourth-order valence-corrected chi connectivity index (χ4v) is 1.85. The van der Waals surface area contributed by atoms with Crippen LogP contribution in [-0.4, -0.2) is 17.0 Å². The Kier molecular flexibility index (Phi) is 4.32. The minimum Gasteiger partial charge on any atom is -0.478 e. The first-order chi connectivity index (χ1) is 10.1. The predicted octanol–water partition coefficient (Wildman–Crippen LogP) is 2.90. The molecule has 0 aromatic heterocycles. The molecule has 0 radical (unpaired) electrons. The molecular formula is C16H12N2O3. The Morgan fingerprint density at radius 1 is 1.10 bits per heavy atom. The molecule has 5 nitrogen and oxygen atoms in total. The van der Waals surface area contributed by atoms with E-state index in [1.54, 1.807) is 42.5 Å². The van der Waals surface area contributed by atoms with Gasteiger partial charge in [-0.2, -0.15) is 5.26 Å². The summed E-state index contributed by atoms with van der Waals surface area (Å²) in [5.74, 6) is -1.34. The average molecular weight is 280 g/mol. The van der Waals surface area contributed by atoms with Crippen molar-refractivity contribution in [3.8, 4) is 17.2 Å². The number of hydrogen-bond acceptors (Lipinski definition) is 3. The molecule has 0 saturated heterocycles. The molecule has 0 atom stereocenters. The van der Waals surface area contributed by atoms with E-state index in [2.05, 4.69) is 5.32 Å². The van der Waals surface area contributed by atoms with Crippen LogP contribution in [0.3, 0.4) is 0 Å². The minimum atomic E-state index is -0.975. The van der Waals surface area contributed by atoms with Gasteiger partial charge in [-0.25, -0.2) is 4.79 Å². The molecule has 104 valence electrons. The van der Waals surface area contributed by atoms with E-state index < -0.39 is 5.97 Å². The maximum atomic E-state index is 11.3. The quantitative estimate of drug-likeness (QED) is 0.901. The Labute approximate surface area is 121 Å². The fourth-order valence-electron chi connectivity index (χ4n) is 1.85. The molecule has 0 fully saturated rings. The van der Waals surface area contributed by atoms with Crippen LogP contribution in [0.25, 0.3) is 11.1 Å². The highest BCUT2D eigenvalue weighted by atomic mass is 16.4. The standard InChI is InChI=1S/C16H12N2O3/c17-9-8-15(19)18-14-6-4-11(5-7-14)12-2-1-3-13(10-12)16(20)21/h1-7,10H,8H2,(H,18,19)(H,20,21). The lowest BCUT2D eigenvalue weighted by atomic mass is 10.0. The van der Waals surface area contributed by atoms with Crippen molar-refractivity contribution in [3.63, 3.8) is 0 Å². The van der Waals surface area contributed by atoms with Crippen LogP contribution in [0.2, 0.25) is 0 Å². The Morgan fingerprint density at radius 3 is 2.43 bits per heavy atom. The highest BCUT2D eigenvalue weighted by molar-refractivity contribution is 5.92. The third-order valence-electron chi connectivity index (χ3n) is 2.85. The van der Waals surface area contributed by atoms with Gasteiger partial charge >= 0.3 is 5.97 Å². The summed E-state index contributed by atoms with van der Waals surface area (Å²) in [6.07, 6.45) is -0.192. The van der Waals surface area contributed by atoms with Gasteiger partial charge in [0.15, 0.2) is 0 Å². The van der Waals surface area contributed by atoms with Gasteiger partial charge in [-0.15, -0.1) is 0 Å². The monoisotopic (exact) mass is 280 g/mol. The van der Waals surface area contributed by atoms with Gasteiger partial charge in [0.1, 0.15) is 6.42 Å². The van der Waals surface area contributed by atoms with Gasteiger partial charge in [0, 0.05) is 5.69 Å². The number of anilines is 1. The number of hydrogen-bond donors (Lipinski definition) is 2. The van der Waals surface area contributed by atoms with Gasteiger partial charge in [-0.1, -0.05) is 24.3 Å². The zero-order valence-electron chi connectivity index (χ0n) is 11.0. The number of nitrogens with one attached hydrogen (secondary N) is 1. The summed E-state index contributed by atoms with van der Waals surface area (Å²) in [5.41, 5.74) is 2.44. The zero-order chi connectivity index (χ0) is 15.2. The maximum absolute atomic E-state index is 11.3. The van der Waals surface area contributed by atoms with Crippen molar-refractivity contribution in [1.82, 2.24) is 0 Å². The second-order valence-electron chi connectivity index (χ2n) is 4.35. The SMILES string of the molecule is N#CCC(=O)Nc1ccc(-c2cccc(C(=O)O)c2)cc1. The van der Waals surface area contributed by atoms with Crippen LogP contribution in [0.5, 0.6) is 0 Å². The number of aromatic carboxylic acids is 1. The molecule has 0 spiro atoms. The van der Waals surface area contributed by atoms with Crippen LogP contribution in [-0.2, 0) is 4.79 Å². The van der Waals surface area contributed by atoms with Gasteiger partial charge in [-0.3, -0.25) is 4.79 Å². The lowest BCUT2D eigenvalue weighted by Gasteiger charge is -2.06. The van der Waals surface area contributed by atoms with Crippen molar-refractivity contribution in [2.45, 2.75) is 6.42 Å². The first kappa shape index (κ1) is 14.3. The van der Waals surface area contributed by atoms with Gasteiger partial charge in [-0.05, 0) is 35.4 Å². The second-order valence-corrected chi connectivity index (χ2v) is 4.35. The summed E-state index contributed by atoms with van der Waals surface area (Å²) in [6.45, 7) is 0. The zero-order valence-corrected chi connectivity index (χ0v) is 11.0. The lowest BCUT2D eigenvalue weighted by molar-refractivity contribution is -0.115. The smallest absolute Gasteiger partial charge is 0.335 e. The molecule has 1 amide bonds. The van der Waals surface area contributed by atoms with Crippen LogP contribution >= 0.6 is 0 Å². The van der Waals surface area contributed by atoms with Crippen molar-refractivity contribution < 1.29 is 14.7 Å². The molecule has 0 heterocycles. The number of nitrogens with zero attached hydrogens (tertiary/aromatic N) is 1. The van der Waals surface area contributed by atoms with E-state index in [1.807, 2.05) is 6.07 Å². The van der Waals surface area contributed by atoms with Gasteiger partial charge in [0.25, 0.3) is 0 Å². The number of nitriles is 1. The molecule has 0 unspecified atom stereocenters. The van der Waals surface area contributed by atoms with Crippen molar-refractivity contribution in [3.05, 3.63) is 54.1 Å². The van der Waals surface area contributed by atoms with Crippen LogP contribution < -0.4 is 5.32 Å². The van der Waals surface area contributed by atoms with E-state index in [0.717, 1.165) is 11.1 Å². The van der Waals surface area contributed by atoms with Crippen molar-refractivity contribution in [2.24, 2.45) is 0 Å². The van der Waals surface area contributed by atoms with Gasteiger partial charge < -0.3 is 10.4 Å². The molecule has 0 aliphatic heterocycles. The Bertz CT molecular complexity index is 715. The molecule has 0 bridgehead atoms. The van der Waals surface area contributed by atoms with Crippen LogP contribution in [0.4, 0.5) is 5.69 Å². The molecule has 0 saturated carbocycles. The third-order valence-corrected chi connectivity index (χ3v) is 2.85. The Morgan fingerprint density at radius 2 is 1.81 bits per heavy atom. The van der Waals surface area contributed by atoms with Crippen molar-refractivity contribution >= 4 is 17.6 Å². The maximum Gasteiger partial charge on any atom is 0.335 e. The van der Waals surface area contributed by atoms with E-state index in [4.69, 9.17) is 10.4 Å². The first-order valence-corrected chi connectivity index (χ1v) is 6.21. The lowest BCUT2D eigenvalue weighted by Crippen LogP contribution is -2.09. The van der Waals surface area contributed by atoms with E-state index in [1.165, 1.54) is 6.07 Å². The molecular weight excluding hydrogens is 268 g/mol. The number of rotatable bonds is 4. The topological polar surface area (TPSA) is 90.2 Å². The van der Waals surface area contributed by atoms with Crippen molar-refractivity contribution in [1.29, 1.82) is 5.26 Å². The van der Waals surface area contributed by atoms with E-state index in [0.29, 0.717) is 5.69 Å². The Balaban J connectivity index is 2.19. The Hall–Kier alpha value is -3.13. The number of benzene rings is 2. The molecule has 2 aromatic carbocycles. The highest BCUT2D eigenvalue weighted by Crippen LogP contribution is 2.22. The molecule has 2 aromatic rings. The van der Waals surface area contributed by atoms with Crippen LogP contribution in [0.1, 0.15) is 16.8 Å². The van der Waals surface area contributed by atoms with Crippen LogP contribution in [0.15, 0.2) is 48.5 Å². The van der Waals surface area contributed by atoms with E-state index >= 15 is 0 Å². The molecule has 2 rings (SSSR count). The molecule has 5 heteroatoms. The first-order valence-electron chi connectivity index (χ1n) is 6.21. The predicted molar refractivity (Wildman–Crippen MR) is 77.7 cm³/mol. The number of carbonyl (C=O) groups excluding carboxylic acids is 1. The van der Waals surface area contributed by atoms with Crippen molar-refractivity contribution in [2.75, 3.05) is 5.32 Å². The number of carboxylic acids is 1. The average Bonchev–Trinajstić information content (AvgIpc) is 2.48. The summed E-state index contributed by atoms with van der Waals surface area (Å²) in [5, 5.41) is 20.0. The summed E-state index contributed by atoms with van der Waals surface area (Å²) in [6, 6.07) is 15.4. The summed E-state index contributed by atoms with van der Waals surface area (Å²) in [4.78, 5) is 22.2. The molecule has 21 heavy (non-hydrogen) atoms. The summed E-state index contributed by atoms with van der Waals surface area (Å²) < 4.78 is 0. The van der Waals surface area contributed by atoms with Gasteiger partial charge in [0.2, 0.25) is 5.91 Å². The summed E-state index contributed by atoms with van der Waals surface area (Å²) >= 11 is 0. The number of carboxylic acid groups (broad SMARTS) is 1. The highest BCUT2D eigenvalue weighted by Gasteiger charge is 2.05. The molecule has 0 aliphatic carbocycles. The van der Waals surface area contributed by atoms with Gasteiger partial charge in [0.05, 0.1) is 11.6 Å². The largest absolute Gasteiger partial charge is 0.478 e. The molecule has 2 N–H and O–H groups in total. The fraction of sp³-hybridized carbons (Fsp3) is 0.0625. The minimum absolute atomic E-state index is 0.192. The number of amides is 1. The molecule has 0 aliphatic rings. The second kappa shape index (κ2) is 6.35.